The van der Waals surface area contributed by atoms with E-state index in [1.54, 1.807) is 6.07 Å². The first-order chi connectivity index (χ1) is 14.4. The highest BCUT2D eigenvalue weighted by Gasteiger charge is 2.15. The second kappa shape index (κ2) is 9.67. The minimum atomic E-state index is -2.93. The Bertz CT molecular complexity index is 959. The third-order valence-electron chi connectivity index (χ3n) is 4.77. The topological polar surface area (TPSA) is 69.4 Å². The predicted molar refractivity (Wildman–Crippen MR) is 109 cm³/mol. The van der Waals surface area contributed by atoms with Crippen LogP contribution in [0.5, 0.6) is 11.5 Å². The van der Waals surface area contributed by atoms with Crippen LogP contribution in [0.1, 0.15) is 49.7 Å². The molecule has 30 heavy (non-hydrogen) atoms. The van der Waals surface area contributed by atoms with E-state index < -0.39 is 6.61 Å². The molecule has 0 amide bonds. The van der Waals surface area contributed by atoms with Crippen molar-refractivity contribution in [3.63, 3.8) is 0 Å². The van der Waals surface area contributed by atoms with E-state index in [-0.39, 0.29) is 17.5 Å². The highest BCUT2D eigenvalue weighted by Crippen LogP contribution is 2.32. The van der Waals surface area contributed by atoms with Crippen LogP contribution < -0.4 is 14.8 Å². The molecule has 0 fully saturated rings. The first-order valence-electron chi connectivity index (χ1n) is 9.66. The monoisotopic (exact) mass is 417 g/mol. The summed E-state index contributed by atoms with van der Waals surface area (Å²) in [7, 11) is 1.37. The Morgan fingerprint density at radius 1 is 1.00 bits per heavy atom. The van der Waals surface area contributed by atoms with Crippen LogP contribution in [0.4, 0.5) is 8.78 Å². The van der Waals surface area contributed by atoms with Gasteiger partial charge in [-0.25, -0.2) is 0 Å². The standard InChI is InChI=1S/C22H25F2N3O3/c1-13(2)15-5-7-16(8-6-15)14(3)25-12-20-26-21(27-30-20)17-9-10-18(29-22(23)24)19(11-17)28-4/h5-11,13-14,22,25H,12H2,1-4H3. The number of hydrogen-bond donors (Lipinski definition) is 1. The minimum Gasteiger partial charge on any atom is -0.493 e. The Hall–Kier alpha value is -3.00. The van der Waals surface area contributed by atoms with E-state index in [1.165, 1.54) is 30.4 Å². The van der Waals surface area contributed by atoms with E-state index in [1.807, 2.05) is 0 Å². The van der Waals surface area contributed by atoms with Gasteiger partial charge in [-0.3, -0.25) is 0 Å². The molecule has 0 aliphatic carbocycles. The van der Waals surface area contributed by atoms with Crippen LogP contribution in [0, 0.1) is 0 Å². The summed E-state index contributed by atoms with van der Waals surface area (Å²) in [6, 6.07) is 13.1. The zero-order chi connectivity index (χ0) is 21.7. The van der Waals surface area contributed by atoms with Gasteiger partial charge in [-0.2, -0.15) is 13.8 Å². The Labute approximate surface area is 174 Å². The average molecular weight is 417 g/mol. The van der Waals surface area contributed by atoms with Crippen molar-refractivity contribution in [2.75, 3.05) is 7.11 Å². The van der Waals surface area contributed by atoms with Crippen molar-refractivity contribution in [3.05, 3.63) is 59.5 Å². The molecule has 0 saturated carbocycles. The predicted octanol–water partition coefficient (Wildman–Crippen LogP) is 5.32. The Balaban J connectivity index is 1.65. The summed E-state index contributed by atoms with van der Waals surface area (Å²) < 4.78 is 39.8. The van der Waals surface area contributed by atoms with Crippen LogP contribution >= 0.6 is 0 Å². The molecule has 0 saturated heterocycles. The number of nitrogens with one attached hydrogen (secondary N) is 1. The Morgan fingerprint density at radius 2 is 1.70 bits per heavy atom. The van der Waals surface area contributed by atoms with Crippen molar-refractivity contribution in [3.8, 4) is 22.9 Å². The van der Waals surface area contributed by atoms with E-state index in [9.17, 15) is 8.78 Å². The van der Waals surface area contributed by atoms with E-state index in [2.05, 4.69) is 65.2 Å². The summed E-state index contributed by atoms with van der Waals surface area (Å²) in [5.74, 6) is 1.36. The Kier molecular flexibility index (Phi) is 6.99. The molecular formula is C22H25F2N3O3. The maximum Gasteiger partial charge on any atom is 0.387 e. The number of methoxy groups -OCH3 is 1. The molecule has 1 aromatic heterocycles. The summed E-state index contributed by atoms with van der Waals surface area (Å²) in [6.07, 6.45) is 0. The average Bonchev–Trinajstić information content (AvgIpc) is 3.21. The van der Waals surface area contributed by atoms with Crippen LogP contribution in [0.15, 0.2) is 47.0 Å². The summed E-state index contributed by atoms with van der Waals surface area (Å²) in [6.45, 7) is 3.85. The number of rotatable bonds is 9. The lowest BCUT2D eigenvalue weighted by Crippen LogP contribution is -2.18. The number of ether oxygens (including phenoxy) is 2. The lowest BCUT2D eigenvalue weighted by molar-refractivity contribution is -0.0512. The van der Waals surface area contributed by atoms with Gasteiger partial charge in [0.2, 0.25) is 11.7 Å². The quantitative estimate of drug-likeness (QED) is 0.508. The molecule has 1 heterocycles. The van der Waals surface area contributed by atoms with Crippen molar-refractivity contribution >= 4 is 0 Å². The molecule has 2 aromatic carbocycles. The Morgan fingerprint density at radius 3 is 2.33 bits per heavy atom. The normalized spacial score (nSPS) is 12.4. The second-order valence-corrected chi connectivity index (χ2v) is 7.18. The third-order valence-corrected chi connectivity index (χ3v) is 4.77. The zero-order valence-corrected chi connectivity index (χ0v) is 17.4. The van der Waals surface area contributed by atoms with E-state index in [4.69, 9.17) is 9.26 Å². The van der Waals surface area contributed by atoms with Crippen molar-refractivity contribution in [2.45, 2.75) is 45.9 Å². The minimum absolute atomic E-state index is 0.0565. The SMILES string of the molecule is COc1cc(-c2noc(CNC(C)c3ccc(C(C)C)cc3)n2)ccc1OC(F)F. The fraction of sp³-hybridized carbons (Fsp3) is 0.364. The van der Waals surface area contributed by atoms with Crippen molar-refractivity contribution < 1.29 is 22.8 Å². The van der Waals surface area contributed by atoms with Gasteiger partial charge in [0.05, 0.1) is 13.7 Å². The molecule has 160 valence electrons. The first-order valence-corrected chi connectivity index (χ1v) is 9.66. The highest BCUT2D eigenvalue weighted by atomic mass is 19.3. The molecule has 1 N–H and O–H groups in total. The van der Waals surface area contributed by atoms with Gasteiger partial charge in [0.15, 0.2) is 11.5 Å². The van der Waals surface area contributed by atoms with E-state index in [0.29, 0.717) is 29.7 Å². The molecule has 1 unspecified atom stereocenters. The van der Waals surface area contributed by atoms with Gasteiger partial charge in [-0.05, 0) is 42.2 Å². The number of benzene rings is 2. The van der Waals surface area contributed by atoms with Gasteiger partial charge in [-0.15, -0.1) is 0 Å². The maximum atomic E-state index is 12.5. The molecule has 3 aromatic rings. The molecule has 0 radical (unpaired) electrons. The molecule has 0 aliphatic heterocycles. The van der Waals surface area contributed by atoms with Gasteiger partial charge in [0.25, 0.3) is 0 Å². The molecule has 3 rings (SSSR count). The molecule has 0 aliphatic rings. The largest absolute Gasteiger partial charge is 0.493 e. The fourth-order valence-corrected chi connectivity index (χ4v) is 2.97. The van der Waals surface area contributed by atoms with Crippen LogP contribution in [-0.2, 0) is 6.54 Å². The number of halogens is 2. The van der Waals surface area contributed by atoms with Crippen LogP contribution in [0.3, 0.4) is 0 Å². The smallest absolute Gasteiger partial charge is 0.387 e. The van der Waals surface area contributed by atoms with Gasteiger partial charge in [0, 0.05) is 11.6 Å². The van der Waals surface area contributed by atoms with Crippen molar-refractivity contribution in [1.82, 2.24) is 15.5 Å². The second-order valence-electron chi connectivity index (χ2n) is 7.18. The third kappa shape index (κ3) is 5.33. The van der Waals surface area contributed by atoms with Crippen LogP contribution in [0.25, 0.3) is 11.4 Å². The molecule has 1 atom stereocenters. The van der Waals surface area contributed by atoms with Crippen LogP contribution in [0.2, 0.25) is 0 Å². The highest BCUT2D eigenvalue weighted by molar-refractivity contribution is 5.60. The first kappa shape index (κ1) is 21.7. The number of alkyl halides is 2. The van der Waals surface area contributed by atoms with Gasteiger partial charge >= 0.3 is 6.61 Å². The summed E-state index contributed by atoms with van der Waals surface area (Å²) in [5, 5.41) is 7.32. The fourth-order valence-electron chi connectivity index (χ4n) is 2.97. The number of hydrogen-bond acceptors (Lipinski definition) is 6. The molecule has 0 spiro atoms. The zero-order valence-electron chi connectivity index (χ0n) is 17.4. The lowest BCUT2D eigenvalue weighted by atomic mass is 10.00. The van der Waals surface area contributed by atoms with Crippen molar-refractivity contribution in [1.29, 1.82) is 0 Å². The van der Waals surface area contributed by atoms with Gasteiger partial charge in [-0.1, -0.05) is 43.3 Å². The molecular weight excluding hydrogens is 392 g/mol. The summed E-state index contributed by atoms with van der Waals surface area (Å²) in [5.41, 5.74) is 3.03. The van der Waals surface area contributed by atoms with Gasteiger partial charge < -0.3 is 19.3 Å². The van der Waals surface area contributed by atoms with E-state index >= 15 is 0 Å². The molecule has 8 heteroatoms. The number of aromatic nitrogens is 2. The summed E-state index contributed by atoms with van der Waals surface area (Å²) in [4.78, 5) is 4.36. The number of nitrogens with zero attached hydrogens (tertiary/aromatic N) is 2. The van der Waals surface area contributed by atoms with Gasteiger partial charge in [0.1, 0.15) is 0 Å². The maximum absolute atomic E-state index is 12.5. The molecule has 0 bridgehead atoms. The van der Waals surface area contributed by atoms with Crippen LogP contribution in [-0.4, -0.2) is 23.9 Å². The van der Waals surface area contributed by atoms with E-state index in [0.717, 1.165) is 0 Å². The lowest BCUT2D eigenvalue weighted by Gasteiger charge is -2.14. The summed E-state index contributed by atoms with van der Waals surface area (Å²) >= 11 is 0. The van der Waals surface area contributed by atoms with Crippen molar-refractivity contribution in [2.24, 2.45) is 0 Å². The molecule has 6 nitrogen and oxygen atoms in total.